The molecule has 0 aliphatic carbocycles. The van der Waals surface area contributed by atoms with Crippen LogP contribution in [0, 0.1) is 0 Å². The number of carbonyl (C=O) groups excluding carboxylic acids is 2. The summed E-state index contributed by atoms with van der Waals surface area (Å²) in [6.45, 7) is 1.54. The van der Waals surface area contributed by atoms with Gasteiger partial charge in [0.1, 0.15) is 0 Å². The summed E-state index contributed by atoms with van der Waals surface area (Å²) >= 11 is 0. The number of rotatable bonds is 9. The summed E-state index contributed by atoms with van der Waals surface area (Å²) in [5.41, 5.74) is 2.01. The van der Waals surface area contributed by atoms with Gasteiger partial charge in [-0.05, 0) is 37.5 Å². The summed E-state index contributed by atoms with van der Waals surface area (Å²) < 4.78 is 11.9. The molecule has 0 aliphatic heterocycles. The monoisotopic (exact) mass is 407 g/mol. The quantitative estimate of drug-likeness (QED) is 0.551. The molecule has 156 valence electrons. The van der Waals surface area contributed by atoms with E-state index >= 15 is 0 Å². The van der Waals surface area contributed by atoms with Crippen molar-refractivity contribution in [2.45, 2.75) is 25.8 Å². The lowest BCUT2D eigenvalue weighted by atomic mass is 10.1. The number of nitrogens with zero attached hydrogens (tertiary/aromatic N) is 2. The zero-order valence-electron chi connectivity index (χ0n) is 17.1. The standard InChI is InChI=1S/C23H25N3O4/c1-17(13-14-18-9-5-3-6-10-18)24-21(27)16-30-23(28)22-20(29-2)15-26(25-22)19-11-7-4-8-12-19/h3-12,15,17H,13-14,16H2,1-2H3,(H,24,27)/t17-/m0/s1. The summed E-state index contributed by atoms with van der Waals surface area (Å²) in [4.78, 5) is 24.5. The van der Waals surface area contributed by atoms with Gasteiger partial charge in [-0.1, -0.05) is 48.5 Å². The molecule has 0 unspecified atom stereocenters. The Hall–Kier alpha value is -3.61. The first kappa shape index (κ1) is 21.1. The molecule has 0 spiro atoms. The number of carbonyl (C=O) groups is 2. The largest absolute Gasteiger partial charge is 0.493 e. The first-order valence-electron chi connectivity index (χ1n) is 9.76. The minimum Gasteiger partial charge on any atom is -0.493 e. The second kappa shape index (κ2) is 10.2. The molecule has 7 heteroatoms. The van der Waals surface area contributed by atoms with Crippen LogP contribution in [0.25, 0.3) is 5.69 Å². The SMILES string of the molecule is COc1cn(-c2ccccc2)nc1C(=O)OCC(=O)N[C@@H](C)CCc1ccccc1. The highest BCUT2D eigenvalue weighted by atomic mass is 16.5. The smallest absolute Gasteiger partial charge is 0.363 e. The van der Waals surface area contributed by atoms with E-state index in [4.69, 9.17) is 9.47 Å². The summed E-state index contributed by atoms with van der Waals surface area (Å²) in [7, 11) is 1.45. The number of aromatic nitrogens is 2. The normalized spacial score (nSPS) is 11.5. The van der Waals surface area contributed by atoms with Crippen LogP contribution in [0.2, 0.25) is 0 Å². The Morgan fingerprint density at radius 2 is 1.73 bits per heavy atom. The molecule has 1 N–H and O–H groups in total. The van der Waals surface area contributed by atoms with Gasteiger partial charge in [0.2, 0.25) is 5.69 Å². The number of nitrogens with one attached hydrogen (secondary N) is 1. The van der Waals surface area contributed by atoms with Crippen LogP contribution >= 0.6 is 0 Å². The molecule has 0 saturated heterocycles. The molecule has 3 rings (SSSR count). The minimum absolute atomic E-state index is 0.0197. The van der Waals surface area contributed by atoms with Crippen molar-refractivity contribution in [1.82, 2.24) is 15.1 Å². The Morgan fingerprint density at radius 1 is 1.07 bits per heavy atom. The average molecular weight is 407 g/mol. The van der Waals surface area contributed by atoms with Gasteiger partial charge in [-0.2, -0.15) is 5.10 Å². The lowest BCUT2D eigenvalue weighted by Crippen LogP contribution is -2.36. The predicted octanol–water partition coefficient (Wildman–Crippen LogP) is 3.18. The highest BCUT2D eigenvalue weighted by Gasteiger charge is 2.21. The van der Waals surface area contributed by atoms with Gasteiger partial charge in [-0.3, -0.25) is 4.79 Å². The molecule has 30 heavy (non-hydrogen) atoms. The van der Waals surface area contributed by atoms with Gasteiger partial charge >= 0.3 is 5.97 Å². The molecular formula is C23H25N3O4. The van der Waals surface area contributed by atoms with Gasteiger partial charge in [-0.25, -0.2) is 9.48 Å². The van der Waals surface area contributed by atoms with Crippen LogP contribution in [0.1, 0.15) is 29.4 Å². The molecule has 0 bridgehead atoms. The molecule has 2 aromatic carbocycles. The lowest BCUT2D eigenvalue weighted by molar-refractivity contribution is -0.124. The van der Waals surface area contributed by atoms with E-state index in [0.717, 1.165) is 18.5 Å². The number of hydrogen-bond donors (Lipinski definition) is 1. The third-order valence-electron chi connectivity index (χ3n) is 4.57. The van der Waals surface area contributed by atoms with Gasteiger partial charge < -0.3 is 14.8 Å². The molecule has 0 fully saturated rings. The van der Waals surface area contributed by atoms with Crippen molar-refractivity contribution in [2.75, 3.05) is 13.7 Å². The number of methoxy groups -OCH3 is 1. The van der Waals surface area contributed by atoms with Crippen molar-refractivity contribution in [2.24, 2.45) is 0 Å². The first-order valence-corrected chi connectivity index (χ1v) is 9.76. The summed E-state index contributed by atoms with van der Waals surface area (Å²) in [6.07, 6.45) is 3.24. The zero-order chi connectivity index (χ0) is 21.3. The fraction of sp³-hybridized carbons (Fsp3) is 0.261. The predicted molar refractivity (Wildman–Crippen MR) is 113 cm³/mol. The molecule has 0 saturated carbocycles. The maximum atomic E-state index is 12.4. The van der Waals surface area contributed by atoms with Crippen molar-refractivity contribution >= 4 is 11.9 Å². The van der Waals surface area contributed by atoms with Crippen LogP contribution in [-0.2, 0) is 16.0 Å². The topological polar surface area (TPSA) is 82.5 Å². The van der Waals surface area contributed by atoms with Crippen molar-refractivity contribution < 1.29 is 19.1 Å². The van der Waals surface area contributed by atoms with E-state index in [1.807, 2.05) is 55.5 Å². The first-order chi connectivity index (χ1) is 14.6. The van der Waals surface area contributed by atoms with Gasteiger partial charge in [0, 0.05) is 6.04 Å². The van der Waals surface area contributed by atoms with E-state index in [9.17, 15) is 9.59 Å². The van der Waals surface area contributed by atoms with Crippen LogP contribution in [0.3, 0.4) is 0 Å². The van der Waals surface area contributed by atoms with E-state index < -0.39 is 5.97 Å². The molecule has 0 aliphatic rings. The second-order valence-corrected chi connectivity index (χ2v) is 6.90. The fourth-order valence-corrected chi connectivity index (χ4v) is 2.98. The highest BCUT2D eigenvalue weighted by Crippen LogP contribution is 2.20. The zero-order valence-corrected chi connectivity index (χ0v) is 17.1. The molecule has 1 aromatic heterocycles. The minimum atomic E-state index is -0.714. The molecular weight excluding hydrogens is 382 g/mol. The molecule has 1 amide bonds. The van der Waals surface area contributed by atoms with Gasteiger partial charge in [0.05, 0.1) is 19.0 Å². The van der Waals surface area contributed by atoms with E-state index in [1.165, 1.54) is 17.4 Å². The molecule has 1 heterocycles. The van der Waals surface area contributed by atoms with Crippen molar-refractivity contribution in [1.29, 1.82) is 0 Å². The molecule has 3 aromatic rings. The maximum absolute atomic E-state index is 12.4. The molecule has 1 atom stereocenters. The lowest BCUT2D eigenvalue weighted by Gasteiger charge is -2.14. The van der Waals surface area contributed by atoms with Gasteiger partial charge in [0.25, 0.3) is 5.91 Å². The molecule has 0 radical (unpaired) electrons. The van der Waals surface area contributed by atoms with Crippen LogP contribution in [0.4, 0.5) is 0 Å². The number of esters is 1. The van der Waals surface area contributed by atoms with E-state index in [0.29, 0.717) is 0 Å². The third kappa shape index (κ3) is 5.70. The Kier molecular flexibility index (Phi) is 7.21. The Balaban J connectivity index is 1.51. The Bertz CT molecular complexity index is 971. The second-order valence-electron chi connectivity index (χ2n) is 6.90. The summed E-state index contributed by atoms with van der Waals surface area (Å²) in [5, 5.41) is 7.08. The van der Waals surface area contributed by atoms with Crippen molar-refractivity contribution in [3.05, 3.63) is 78.1 Å². The van der Waals surface area contributed by atoms with Crippen LogP contribution in [0.15, 0.2) is 66.9 Å². The molecule has 7 nitrogen and oxygen atoms in total. The number of amides is 1. The van der Waals surface area contributed by atoms with Crippen LogP contribution < -0.4 is 10.1 Å². The number of aryl methyl sites for hydroxylation is 1. The van der Waals surface area contributed by atoms with E-state index in [-0.39, 0.29) is 30.0 Å². The van der Waals surface area contributed by atoms with Crippen molar-refractivity contribution in [3.8, 4) is 11.4 Å². The maximum Gasteiger partial charge on any atom is 0.363 e. The van der Waals surface area contributed by atoms with E-state index in [1.54, 1.807) is 6.20 Å². The van der Waals surface area contributed by atoms with Crippen LogP contribution in [0.5, 0.6) is 5.75 Å². The average Bonchev–Trinajstić information content (AvgIpc) is 3.22. The number of benzene rings is 2. The third-order valence-corrected chi connectivity index (χ3v) is 4.57. The Morgan fingerprint density at radius 3 is 2.40 bits per heavy atom. The van der Waals surface area contributed by atoms with Crippen molar-refractivity contribution in [3.63, 3.8) is 0 Å². The highest BCUT2D eigenvalue weighted by molar-refractivity contribution is 5.92. The number of ether oxygens (including phenoxy) is 2. The van der Waals surface area contributed by atoms with E-state index in [2.05, 4.69) is 22.5 Å². The fourth-order valence-electron chi connectivity index (χ4n) is 2.98. The number of para-hydroxylation sites is 1. The number of hydrogen-bond acceptors (Lipinski definition) is 5. The Labute approximate surface area is 175 Å². The van der Waals surface area contributed by atoms with Gasteiger partial charge in [0.15, 0.2) is 12.4 Å². The van der Waals surface area contributed by atoms with Crippen LogP contribution in [-0.4, -0.2) is 41.4 Å². The summed E-state index contributed by atoms with van der Waals surface area (Å²) in [5.74, 6) is -0.792. The van der Waals surface area contributed by atoms with Gasteiger partial charge in [-0.15, -0.1) is 0 Å². The summed E-state index contributed by atoms with van der Waals surface area (Å²) in [6, 6.07) is 19.4.